The van der Waals surface area contributed by atoms with Gasteiger partial charge in [-0.05, 0) is 12.1 Å². The van der Waals surface area contributed by atoms with E-state index in [0.717, 1.165) is 0 Å². The van der Waals surface area contributed by atoms with Crippen LogP contribution in [0.15, 0.2) is 36.4 Å². The summed E-state index contributed by atoms with van der Waals surface area (Å²) in [4.78, 5) is 12.1. The molecule has 0 unspecified atom stereocenters. The van der Waals surface area contributed by atoms with E-state index in [9.17, 15) is 4.79 Å². The van der Waals surface area contributed by atoms with Crippen molar-refractivity contribution < 1.29 is 23.7 Å². The molecule has 0 saturated carbocycles. The first kappa shape index (κ1) is 19.0. The summed E-state index contributed by atoms with van der Waals surface area (Å²) in [6.07, 6.45) is -0.242. The van der Waals surface area contributed by atoms with Crippen molar-refractivity contribution in [3.8, 4) is 23.0 Å². The van der Waals surface area contributed by atoms with Crippen molar-refractivity contribution in [3.63, 3.8) is 0 Å². The molecule has 0 radical (unpaired) electrons. The summed E-state index contributed by atoms with van der Waals surface area (Å²) < 4.78 is 21.9. The molecular weight excluding hydrogens is 372 g/mol. The van der Waals surface area contributed by atoms with Crippen molar-refractivity contribution >= 4 is 23.2 Å². The minimum atomic E-state index is -0.242. The summed E-state index contributed by atoms with van der Waals surface area (Å²) in [5, 5.41) is 6.24. The first-order chi connectivity index (χ1) is 13.1. The van der Waals surface area contributed by atoms with Gasteiger partial charge in [0, 0.05) is 12.1 Å². The molecule has 0 aromatic heterocycles. The van der Waals surface area contributed by atoms with Gasteiger partial charge in [0.15, 0.2) is 23.0 Å². The van der Waals surface area contributed by atoms with Crippen molar-refractivity contribution in [1.82, 2.24) is 5.32 Å². The van der Waals surface area contributed by atoms with Crippen LogP contribution in [-0.4, -0.2) is 45.9 Å². The molecule has 1 atom stereocenters. The lowest BCUT2D eigenvalue weighted by Gasteiger charge is -2.26. The fourth-order valence-corrected chi connectivity index (χ4v) is 2.84. The normalized spacial score (nSPS) is 15.0. The van der Waals surface area contributed by atoms with Crippen LogP contribution >= 0.6 is 11.6 Å². The summed E-state index contributed by atoms with van der Waals surface area (Å²) in [6, 6.07) is 10.8. The maximum absolute atomic E-state index is 12.1. The predicted octanol–water partition coefficient (Wildman–Crippen LogP) is 2.73. The Morgan fingerprint density at radius 1 is 1.19 bits per heavy atom. The van der Waals surface area contributed by atoms with Crippen molar-refractivity contribution in [2.75, 3.05) is 39.2 Å². The number of carbonyl (C=O) groups excluding carboxylic acids is 1. The van der Waals surface area contributed by atoms with Gasteiger partial charge >= 0.3 is 0 Å². The standard InChI is InChI=1S/C19H21ClN2O5/c1-24-17-7-13(20)14(8-18(17)25-2)21-10-19(23)22-9-12-11-26-15-5-3-4-6-16(15)27-12/h3-8,12,21H,9-11H2,1-2H3,(H,22,23)/t12-/m0/s1. The molecule has 7 nitrogen and oxygen atoms in total. The quantitative estimate of drug-likeness (QED) is 0.754. The monoisotopic (exact) mass is 392 g/mol. The zero-order valence-corrected chi connectivity index (χ0v) is 15.8. The van der Waals surface area contributed by atoms with Gasteiger partial charge in [-0.2, -0.15) is 0 Å². The maximum atomic E-state index is 12.1. The van der Waals surface area contributed by atoms with E-state index in [4.69, 9.17) is 30.5 Å². The summed E-state index contributed by atoms with van der Waals surface area (Å²) in [5.74, 6) is 2.25. The SMILES string of the molecule is COc1cc(Cl)c(NCC(=O)NC[C@H]2COc3ccccc3O2)cc1OC. The number of anilines is 1. The molecular formula is C19H21ClN2O5. The second kappa shape index (κ2) is 8.73. The zero-order chi connectivity index (χ0) is 19.2. The number of benzene rings is 2. The second-order valence-electron chi connectivity index (χ2n) is 5.84. The Morgan fingerprint density at radius 3 is 2.63 bits per heavy atom. The molecule has 0 fully saturated rings. The predicted molar refractivity (Wildman–Crippen MR) is 102 cm³/mol. The second-order valence-corrected chi connectivity index (χ2v) is 6.25. The highest BCUT2D eigenvalue weighted by Crippen LogP contribution is 2.36. The molecule has 0 aliphatic carbocycles. The summed E-state index contributed by atoms with van der Waals surface area (Å²) in [5.41, 5.74) is 0.579. The van der Waals surface area contributed by atoms with Gasteiger partial charge in [0.25, 0.3) is 0 Å². The van der Waals surface area contributed by atoms with E-state index in [1.165, 1.54) is 14.2 Å². The van der Waals surface area contributed by atoms with E-state index in [0.29, 0.717) is 46.9 Å². The number of ether oxygens (including phenoxy) is 4. The van der Waals surface area contributed by atoms with Crippen molar-refractivity contribution in [1.29, 1.82) is 0 Å². The smallest absolute Gasteiger partial charge is 0.239 e. The van der Waals surface area contributed by atoms with Gasteiger partial charge in [0.05, 0.1) is 38.0 Å². The molecule has 1 heterocycles. The third kappa shape index (κ3) is 4.68. The Labute approximate surface area is 162 Å². The molecule has 144 valence electrons. The highest BCUT2D eigenvalue weighted by Gasteiger charge is 2.21. The molecule has 0 bridgehead atoms. The number of methoxy groups -OCH3 is 2. The van der Waals surface area contributed by atoms with E-state index >= 15 is 0 Å². The summed E-state index contributed by atoms with van der Waals surface area (Å²) in [7, 11) is 3.07. The molecule has 1 aliphatic heterocycles. The van der Waals surface area contributed by atoms with Gasteiger partial charge in [-0.3, -0.25) is 4.79 Å². The number of amides is 1. The lowest BCUT2D eigenvalue weighted by atomic mass is 10.2. The largest absolute Gasteiger partial charge is 0.493 e. The van der Waals surface area contributed by atoms with Gasteiger partial charge < -0.3 is 29.6 Å². The van der Waals surface area contributed by atoms with E-state index in [-0.39, 0.29) is 18.6 Å². The minimum absolute atomic E-state index is 0.0549. The third-order valence-corrected chi connectivity index (χ3v) is 4.32. The molecule has 2 aromatic carbocycles. The number of para-hydroxylation sites is 2. The van der Waals surface area contributed by atoms with Crippen LogP contribution in [0.5, 0.6) is 23.0 Å². The van der Waals surface area contributed by atoms with Gasteiger partial charge in [-0.15, -0.1) is 0 Å². The van der Waals surface area contributed by atoms with Gasteiger partial charge in [-0.25, -0.2) is 0 Å². The van der Waals surface area contributed by atoms with E-state index < -0.39 is 0 Å². The van der Waals surface area contributed by atoms with Crippen LogP contribution in [0.25, 0.3) is 0 Å². The Balaban J connectivity index is 1.49. The first-order valence-electron chi connectivity index (χ1n) is 8.41. The fraction of sp³-hybridized carbons (Fsp3) is 0.316. The van der Waals surface area contributed by atoms with Crippen molar-refractivity contribution in [3.05, 3.63) is 41.4 Å². The van der Waals surface area contributed by atoms with Crippen LogP contribution in [0, 0.1) is 0 Å². The Morgan fingerprint density at radius 2 is 1.89 bits per heavy atom. The number of hydrogen-bond donors (Lipinski definition) is 2. The third-order valence-electron chi connectivity index (χ3n) is 4.01. The van der Waals surface area contributed by atoms with Gasteiger partial charge in [-0.1, -0.05) is 23.7 Å². The molecule has 1 aliphatic rings. The topological polar surface area (TPSA) is 78.1 Å². The molecule has 0 spiro atoms. The van der Waals surface area contributed by atoms with Crippen LogP contribution in [0.2, 0.25) is 5.02 Å². The molecule has 2 aromatic rings. The fourth-order valence-electron chi connectivity index (χ4n) is 2.62. The number of nitrogens with one attached hydrogen (secondary N) is 2. The van der Waals surface area contributed by atoms with E-state index in [2.05, 4.69) is 10.6 Å². The van der Waals surface area contributed by atoms with Crippen LogP contribution in [0.4, 0.5) is 5.69 Å². The van der Waals surface area contributed by atoms with Crippen molar-refractivity contribution in [2.45, 2.75) is 6.10 Å². The molecule has 2 N–H and O–H groups in total. The number of rotatable bonds is 7. The number of halogens is 1. The number of carbonyl (C=O) groups is 1. The maximum Gasteiger partial charge on any atom is 0.239 e. The minimum Gasteiger partial charge on any atom is -0.493 e. The Hall–Kier alpha value is -2.80. The first-order valence-corrected chi connectivity index (χ1v) is 8.79. The molecule has 3 rings (SSSR count). The lowest BCUT2D eigenvalue weighted by molar-refractivity contribution is -0.119. The number of fused-ring (bicyclic) bond motifs is 1. The molecule has 8 heteroatoms. The molecule has 27 heavy (non-hydrogen) atoms. The lowest BCUT2D eigenvalue weighted by Crippen LogP contribution is -2.42. The zero-order valence-electron chi connectivity index (χ0n) is 15.1. The highest BCUT2D eigenvalue weighted by atomic mass is 35.5. The van der Waals surface area contributed by atoms with Crippen LogP contribution < -0.4 is 29.6 Å². The Kier molecular flexibility index (Phi) is 6.13. The Bertz CT molecular complexity index is 815. The van der Waals surface area contributed by atoms with Gasteiger partial charge in [0.2, 0.25) is 5.91 Å². The average molecular weight is 393 g/mol. The average Bonchev–Trinajstić information content (AvgIpc) is 2.70. The summed E-state index contributed by atoms with van der Waals surface area (Å²) >= 11 is 6.20. The molecule has 1 amide bonds. The van der Waals surface area contributed by atoms with Crippen LogP contribution in [0.1, 0.15) is 0 Å². The summed E-state index contributed by atoms with van der Waals surface area (Å²) in [6.45, 7) is 0.778. The number of hydrogen-bond acceptors (Lipinski definition) is 6. The van der Waals surface area contributed by atoms with E-state index in [1.807, 2.05) is 24.3 Å². The van der Waals surface area contributed by atoms with Crippen molar-refractivity contribution in [2.24, 2.45) is 0 Å². The highest BCUT2D eigenvalue weighted by molar-refractivity contribution is 6.33. The molecule has 0 saturated heterocycles. The van der Waals surface area contributed by atoms with Gasteiger partial charge in [0.1, 0.15) is 12.7 Å². The van der Waals surface area contributed by atoms with E-state index in [1.54, 1.807) is 12.1 Å². The van der Waals surface area contributed by atoms with Crippen LogP contribution in [0.3, 0.4) is 0 Å². The van der Waals surface area contributed by atoms with Crippen LogP contribution in [-0.2, 0) is 4.79 Å².